The van der Waals surface area contributed by atoms with Crippen molar-refractivity contribution in [2.24, 2.45) is 5.41 Å². The lowest BCUT2D eigenvalue weighted by Crippen LogP contribution is -2.17. The Bertz CT molecular complexity index is 388. The van der Waals surface area contributed by atoms with Crippen LogP contribution in [-0.4, -0.2) is 6.61 Å². The van der Waals surface area contributed by atoms with Crippen LogP contribution in [-0.2, 0) is 0 Å². The van der Waals surface area contributed by atoms with E-state index in [-0.39, 0.29) is 11.2 Å². The Kier molecular flexibility index (Phi) is 3.31. The SMILES string of the molecule is CC(C)(C)COc1ccc(C#N)cc1F. The van der Waals surface area contributed by atoms with Crippen LogP contribution in [0.2, 0.25) is 0 Å². The van der Waals surface area contributed by atoms with E-state index in [4.69, 9.17) is 10.00 Å². The molecule has 15 heavy (non-hydrogen) atoms. The van der Waals surface area contributed by atoms with Crippen molar-refractivity contribution in [1.82, 2.24) is 0 Å². The van der Waals surface area contributed by atoms with Gasteiger partial charge in [0.05, 0.1) is 18.2 Å². The van der Waals surface area contributed by atoms with Crippen molar-refractivity contribution in [3.05, 3.63) is 29.6 Å². The topological polar surface area (TPSA) is 33.0 Å². The maximum absolute atomic E-state index is 13.3. The molecule has 0 spiro atoms. The summed E-state index contributed by atoms with van der Waals surface area (Å²) in [6.45, 7) is 6.47. The van der Waals surface area contributed by atoms with Crippen LogP contribution >= 0.6 is 0 Å². The van der Waals surface area contributed by atoms with Gasteiger partial charge in [0.1, 0.15) is 0 Å². The highest BCUT2D eigenvalue weighted by Crippen LogP contribution is 2.21. The summed E-state index contributed by atoms with van der Waals surface area (Å²) >= 11 is 0. The smallest absolute Gasteiger partial charge is 0.166 e. The number of rotatable bonds is 2. The predicted octanol–water partition coefficient (Wildman–Crippen LogP) is 3.12. The van der Waals surface area contributed by atoms with Gasteiger partial charge in [0.15, 0.2) is 11.6 Å². The van der Waals surface area contributed by atoms with Gasteiger partial charge in [-0.1, -0.05) is 20.8 Å². The first-order valence-corrected chi connectivity index (χ1v) is 4.75. The Morgan fingerprint density at radius 1 is 1.40 bits per heavy atom. The van der Waals surface area contributed by atoms with Crippen molar-refractivity contribution in [2.45, 2.75) is 20.8 Å². The minimum absolute atomic E-state index is 0.0136. The third-order valence-corrected chi connectivity index (χ3v) is 1.72. The van der Waals surface area contributed by atoms with Gasteiger partial charge in [0.25, 0.3) is 0 Å². The van der Waals surface area contributed by atoms with E-state index in [0.717, 1.165) is 0 Å². The lowest BCUT2D eigenvalue weighted by molar-refractivity contribution is 0.191. The monoisotopic (exact) mass is 207 g/mol. The van der Waals surface area contributed by atoms with E-state index in [1.54, 1.807) is 6.07 Å². The van der Waals surface area contributed by atoms with Gasteiger partial charge in [-0.05, 0) is 23.6 Å². The summed E-state index contributed by atoms with van der Waals surface area (Å²) in [5, 5.41) is 8.55. The molecule has 0 aliphatic heterocycles. The van der Waals surface area contributed by atoms with Crippen LogP contribution in [0.1, 0.15) is 26.3 Å². The minimum Gasteiger partial charge on any atom is -0.490 e. The van der Waals surface area contributed by atoms with Gasteiger partial charge < -0.3 is 4.74 Å². The highest BCUT2D eigenvalue weighted by atomic mass is 19.1. The van der Waals surface area contributed by atoms with Crippen molar-refractivity contribution in [2.75, 3.05) is 6.61 Å². The second-order valence-corrected chi connectivity index (χ2v) is 4.61. The standard InChI is InChI=1S/C12H14FNO/c1-12(2,3)8-15-11-5-4-9(7-14)6-10(11)13/h4-6H,8H2,1-3H3. The Hall–Kier alpha value is -1.56. The zero-order valence-electron chi connectivity index (χ0n) is 9.17. The number of nitriles is 1. The van der Waals surface area contributed by atoms with Crippen molar-refractivity contribution < 1.29 is 9.13 Å². The van der Waals surface area contributed by atoms with Gasteiger partial charge in [0.2, 0.25) is 0 Å². The summed E-state index contributed by atoms with van der Waals surface area (Å²) in [5.41, 5.74) is 0.288. The molecule has 80 valence electrons. The quantitative estimate of drug-likeness (QED) is 0.746. The van der Waals surface area contributed by atoms with E-state index in [2.05, 4.69) is 0 Å². The van der Waals surface area contributed by atoms with Crippen LogP contribution < -0.4 is 4.74 Å². The van der Waals surface area contributed by atoms with Crippen molar-refractivity contribution >= 4 is 0 Å². The second kappa shape index (κ2) is 4.31. The molecule has 0 unspecified atom stereocenters. The van der Waals surface area contributed by atoms with E-state index in [1.165, 1.54) is 12.1 Å². The lowest BCUT2D eigenvalue weighted by atomic mass is 9.99. The first-order valence-electron chi connectivity index (χ1n) is 4.75. The summed E-state index contributed by atoms with van der Waals surface area (Å²) in [5.74, 6) is -0.290. The van der Waals surface area contributed by atoms with Gasteiger partial charge in [-0.25, -0.2) is 4.39 Å². The molecule has 3 heteroatoms. The molecule has 1 aromatic rings. The molecule has 0 bridgehead atoms. The largest absolute Gasteiger partial charge is 0.490 e. The predicted molar refractivity (Wildman–Crippen MR) is 56.1 cm³/mol. The zero-order valence-corrected chi connectivity index (χ0v) is 9.17. The van der Waals surface area contributed by atoms with Crippen LogP contribution in [0, 0.1) is 22.6 Å². The molecule has 1 aromatic carbocycles. The van der Waals surface area contributed by atoms with E-state index in [0.29, 0.717) is 12.2 Å². The average molecular weight is 207 g/mol. The van der Waals surface area contributed by atoms with Crippen molar-refractivity contribution in [3.8, 4) is 11.8 Å². The van der Waals surface area contributed by atoms with Crippen LogP contribution in [0.15, 0.2) is 18.2 Å². The Morgan fingerprint density at radius 3 is 2.53 bits per heavy atom. The number of nitrogens with zero attached hydrogens (tertiary/aromatic N) is 1. The molecule has 0 aromatic heterocycles. The molecule has 0 N–H and O–H groups in total. The van der Waals surface area contributed by atoms with Crippen molar-refractivity contribution in [3.63, 3.8) is 0 Å². The van der Waals surface area contributed by atoms with Gasteiger partial charge in [0, 0.05) is 0 Å². The number of halogens is 1. The van der Waals surface area contributed by atoms with E-state index in [9.17, 15) is 4.39 Å². The summed E-state index contributed by atoms with van der Waals surface area (Å²) in [6, 6.07) is 6.08. The second-order valence-electron chi connectivity index (χ2n) is 4.61. The molecular formula is C12H14FNO. The molecule has 0 atom stereocenters. The van der Waals surface area contributed by atoms with Crippen molar-refractivity contribution in [1.29, 1.82) is 5.26 Å². The Labute approximate surface area is 89.3 Å². The van der Waals surface area contributed by atoms with Gasteiger partial charge in [-0.3, -0.25) is 0 Å². The molecule has 0 saturated carbocycles. The molecule has 0 saturated heterocycles. The summed E-state index contributed by atoms with van der Waals surface area (Å²) in [7, 11) is 0. The van der Waals surface area contributed by atoms with E-state index >= 15 is 0 Å². The maximum Gasteiger partial charge on any atom is 0.166 e. The molecule has 0 aliphatic carbocycles. The zero-order chi connectivity index (χ0) is 11.5. The fourth-order valence-electron chi connectivity index (χ4n) is 0.982. The first kappa shape index (κ1) is 11.5. The highest BCUT2D eigenvalue weighted by molar-refractivity contribution is 5.35. The summed E-state index contributed by atoms with van der Waals surface area (Å²) < 4.78 is 18.7. The Balaban J connectivity index is 2.76. The third-order valence-electron chi connectivity index (χ3n) is 1.72. The van der Waals surface area contributed by atoms with Gasteiger partial charge in [-0.15, -0.1) is 0 Å². The molecule has 0 aliphatic rings. The normalized spacial score (nSPS) is 10.9. The van der Waals surface area contributed by atoms with Crippen LogP contribution in [0.5, 0.6) is 5.75 Å². The number of hydrogen-bond acceptors (Lipinski definition) is 2. The molecule has 0 radical (unpaired) electrons. The lowest BCUT2D eigenvalue weighted by Gasteiger charge is -2.18. The minimum atomic E-state index is -0.488. The molecule has 0 heterocycles. The van der Waals surface area contributed by atoms with Crippen LogP contribution in [0.3, 0.4) is 0 Å². The number of hydrogen-bond donors (Lipinski definition) is 0. The molecule has 2 nitrogen and oxygen atoms in total. The van der Waals surface area contributed by atoms with Crippen LogP contribution in [0.25, 0.3) is 0 Å². The number of ether oxygens (including phenoxy) is 1. The highest BCUT2D eigenvalue weighted by Gasteiger charge is 2.13. The van der Waals surface area contributed by atoms with Gasteiger partial charge >= 0.3 is 0 Å². The summed E-state index contributed by atoms with van der Waals surface area (Å²) in [4.78, 5) is 0. The fraction of sp³-hybridized carbons (Fsp3) is 0.417. The van der Waals surface area contributed by atoms with E-state index in [1.807, 2.05) is 26.8 Å². The van der Waals surface area contributed by atoms with E-state index < -0.39 is 5.82 Å². The number of benzene rings is 1. The Morgan fingerprint density at radius 2 is 2.07 bits per heavy atom. The maximum atomic E-state index is 13.3. The third kappa shape index (κ3) is 3.59. The molecule has 0 amide bonds. The average Bonchev–Trinajstić information content (AvgIpc) is 2.14. The molecular weight excluding hydrogens is 193 g/mol. The van der Waals surface area contributed by atoms with Gasteiger partial charge in [-0.2, -0.15) is 5.26 Å². The fourth-order valence-corrected chi connectivity index (χ4v) is 0.982. The first-order chi connectivity index (χ1) is 6.92. The molecule has 0 fully saturated rings. The molecule has 1 rings (SSSR count). The van der Waals surface area contributed by atoms with Crippen LogP contribution in [0.4, 0.5) is 4.39 Å². The summed E-state index contributed by atoms with van der Waals surface area (Å²) in [6.07, 6.45) is 0.